The Morgan fingerprint density at radius 2 is 2.14 bits per heavy atom. The van der Waals surface area contributed by atoms with Gasteiger partial charge in [-0.05, 0) is 50.1 Å². The third-order valence-corrected chi connectivity index (χ3v) is 5.17. The van der Waals surface area contributed by atoms with Crippen LogP contribution in [0.1, 0.15) is 44.6 Å². The van der Waals surface area contributed by atoms with Gasteiger partial charge < -0.3 is 15.2 Å². The molecule has 0 bridgehead atoms. The molecule has 1 aromatic heterocycles. The Morgan fingerprint density at radius 3 is 2.86 bits per heavy atom. The van der Waals surface area contributed by atoms with E-state index in [9.17, 15) is 4.79 Å². The summed E-state index contributed by atoms with van der Waals surface area (Å²) in [4.78, 5) is 22.3. The largest absolute Gasteiger partial charge is 0.348 e. The number of hydrogen-bond donors (Lipinski definition) is 2. The Kier molecular flexibility index (Phi) is 6.83. The Balaban J connectivity index is 1.90. The number of allylic oxidation sites excluding steroid dienone is 7. The normalized spacial score (nSPS) is 16.8. The lowest BCUT2D eigenvalue weighted by Gasteiger charge is -2.24. The van der Waals surface area contributed by atoms with Crippen molar-refractivity contribution >= 4 is 11.1 Å². The Morgan fingerprint density at radius 1 is 1.31 bits per heavy atom. The number of aromatic nitrogens is 2. The van der Waals surface area contributed by atoms with Crippen molar-refractivity contribution in [3.05, 3.63) is 87.9 Å². The zero-order valence-corrected chi connectivity index (χ0v) is 17.6. The summed E-state index contributed by atoms with van der Waals surface area (Å²) >= 11 is 0. The Bertz CT molecular complexity index is 988. The van der Waals surface area contributed by atoms with Gasteiger partial charge >= 0.3 is 0 Å². The van der Waals surface area contributed by atoms with Gasteiger partial charge in [-0.1, -0.05) is 38.2 Å². The molecule has 1 aliphatic heterocycles. The van der Waals surface area contributed by atoms with Crippen LogP contribution in [0.3, 0.4) is 0 Å². The number of nitrogens with one attached hydrogen (secondary N) is 2. The first kappa shape index (κ1) is 20.8. The number of unbranched alkanes of at least 4 members (excludes halogenated alkanes) is 1. The van der Waals surface area contributed by atoms with Crippen molar-refractivity contribution in [1.82, 2.24) is 20.2 Å². The molecule has 3 rings (SSSR count). The lowest BCUT2D eigenvalue weighted by Crippen LogP contribution is -2.19. The fraction of sp³-hybridized carbons (Fsp3) is 0.333. The highest BCUT2D eigenvalue weighted by Crippen LogP contribution is 2.27. The van der Waals surface area contributed by atoms with Crippen LogP contribution in [0.5, 0.6) is 0 Å². The van der Waals surface area contributed by atoms with Gasteiger partial charge in [0.15, 0.2) is 0 Å². The topological polar surface area (TPSA) is 61.0 Å². The minimum atomic E-state index is -0.147. The fourth-order valence-corrected chi connectivity index (χ4v) is 3.44. The van der Waals surface area contributed by atoms with Crippen LogP contribution in [-0.2, 0) is 0 Å². The van der Waals surface area contributed by atoms with Crippen molar-refractivity contribution < 1.29 is 0 Å². The lowest BCUT2D eigenvalue weighted by molar-refractivity contribution is 0.460. The third kappa shape index (κ3) is 5.12. The van der Waals surface area contributed by atoms with Gasteiger partial charge in [0, 0.05) is 42.2 Å². The molecule has 0 saturated heterocycles. The molecule has 0 spiro atoms. The van der Waals surface area contributed by atoms with E-state index in [1.807, 2.05) is 25.4 Å². The summed E-state index contributed by atoms with van der Waals surface area (Å²) < 4.78 is 0. The maximum Gasteiger partial charge on any atom is 0.251 e. The van der Waals surface area contributed by atoms with Crippen LogP contribution in [0.25, 0.3) is 11.1 Å². The predicted octanol–water partition coefficient (Wildman–Crippen LogP) is 4.18. The van der Waals surface area contributed by atoms with Gasteiger partial charge in [-0.15, -0.1) is 0 Å². The SMILES string of the molecule is C=C1C=C(c2cc(=O)[nH]c(C3=C(C)C=CC(CNC)=CC3)n2)C=CN1CCCC. The zero-order chi connectivity index (χ0) is 20.8. The molecule has 0 saturated carbocycles. The molecule has 0 amide bonds. The van der Waals surface area contributed by atoms with E-state index >= 15 is 0 Å². The molecular formula is C24H30N4O. The van der Waals surface area contributed by atoms with Crippen molar-refractivity contribution in [2.75, 3.05) is 20.1 Å². The highest BCUT2D eigenvalue weighted by Gasteiger charge is 2.15. The van der Waals surface area contributed by atoms with Gasteiger partial charge in [0.25, 0.3) is 5.56 Å². The van der Waals surface area contributed by atoms with Crippen LogP contribution >= 0.6 is 0 Å². The van der Waals surface area contributed by atoms with E-state index in [0.29, 0.717) is 11.5 Å². The molecule has 5 nitrogen and oxygen atoms in total. The van der Waals surface area contributed by atoms with Crippen LogP contribution in [0.4, 0.5) is 0 Å². The van der Waals surface area contributed by atoms with Crippen molar-refractivity contribution in [2.24, 2.45) is 0 Å². The monoisotopic (exact) mass is 390 g/mol. The molecule has 2 aliphatic rings. The summed E-state index contributed by atoms with van der Waals surface area (Å²) in [6.45, 7) is 10.2. The first-order chi connectivity index (χ1) is 14.0. The van der Waals surface area contributed by atoms with E-state index in [4.69, 9.17) is 4.98 Å². The van der Waals surface area contributed by atoms with E-state index in [0.717, 1.165) is 54.8 Å². The third-order valence-electron chi connectivity index (χ3n) is 5.17. The van der Waals surface area contributed by atoms with Crippen molar-refractivity contribution in [1.29, 1.82) is 0 Å². The van der Waals surface area contributed by atoms with Crippen LogP contribution in [-0.4, -0.2) is 35.0 Å². The summed E-state index contributed by atoms with van der Waals surface area (Å²) in [5.74, 6) is 0.630. The van der Waals surface area contributed by atoms with E-state index in [1.54, 1.807) is 6.07 Å². The molecule has 0 unspecified atom stereocenters. The number of H-pyrrole nitrogens is 1. The molecule has 29 heavy (non-hydrogen) atoms. The number of rotatable bonds is 7. The average Bonchev–Trinajstić information content (AvgIpc) is 2.88. The van der Waals surface area contributed by atoms with Crippen LogP contribution in [0, 0.1) is 0 Å². The Hall–Kier alpha value is -2.92. The maximum absolute atomic E-state index is 12.4. The van der Waals surface area contributed by atoms with Gasteiger partial charge in [0.1, 0.15) is 5.82 Å². The van der Waals surface area contributed by atoms with E-state index in [1.165, 1.54) is 5.57 Å². The van der Waals surface area contributed by atoms with Crippen molar-refractivity contribution in [2.45, 2.75) is 33.1 Å². The molecule has 1 aliphatic carbocycles. The summed E-state index contributed by atoms with van der Waals surface area (Å²) in [6.07, 6.45) is 15.4. The molecule has 1 aromatic rings. The first-order valence-electron chi connectivity index (χ1n) is 10.2. The quantitative estimate of drug-likeness (QED) is 0.733. The molecule has 0 radical (unpaired) electrons. The standard InChI is InChI=1S/C24H30N4O/c1-5-6-12-28-13-11-20(14-18(28)3)22-15-23(29)27-24(26-22)21-10-9-19(16-25-4)8-7-17(21)2/h7-9,11,13-15,25H,3,5-6,10,12,16H2,1-2,4H3,(H,26,27,29). The predicted molar refractivity (Wildman–Crippen MR) is 121 cm³/mol. The van der Waals surface area contributed by atoms with Gasteiger partial charge in [-0.3, -0.25) is 4.79 Å². The second kappa shape index (κ2) is 9.52. The Labute approximate surface area is 172 Å². The molecular weight excluding hydrogens is 360 g/mol. The van der Waals surface area contributed by atoms with Crippen LogP contribution in [0.15, 0.2) is 70.9 Å². The summed E-state index contributed by atoms with van der Waals surface area (Å²) in [5.41, 5.74) is 5.72. The fourth-order valence-electron chi connectivity index (χ4n) is 3.44. The van der Waals surface area contributed by atoms with E-state index in [2.05, 4.69) is 53.9 Å². The number of nitrogens with zero attached hydrogens (tertiary/aromatic N) is 2. The first-order valence-corrected chi connectivity index (χ1v) is 10.2. The van der Waals surface area contributed by atoms with Crippen molar-refractivity contribution in [3.8, 4) is 0 Å². The molecule has 0 aromatic carbocycles. The number of aromatic amines is 1. The summed E-state index contributed by atoms with van der Waals surface area (Å²) in [5, 5.41) is 3.18. The molecule has 0 atom stereocenters. The molecule has 152 valence electrons. The molecule has 0 fully saturated rings. The molecule has 5 heteroatoms. The van der Waals surface area contributed by atoms with Crippen LogP contribution in [0.2, 0.25) is 0 Å². The second-order valence-corrected chi connectivity index (χ2v) is 7.44. The molecule has 2 N–H and O–H groups in total. The highest BCUT2D eigenvalue weighted by atomic mass is 16.1. The molecule has 2 heterocycles. The number of hydrogen-bond acceptors (Lipinski definition) is 4. The average molecular weight is 391 g/mol. The van der Waals surface area contributed by atoms with Gasteiger partial charge in [0.2, 0.25) is 0 Å². The smallest absolute Gasteiger partial charge is 0.251 e. The number of likely N-dealkylation sites (N-methyl/N-ethyl adjacent to an activating group) is 1. The van der Waals surface area contributed by atoms with Crippen LogP contribution < -0.4 is 10.9 Å². The lowest BCUT2D eigenvalue weighted by atomic mass is 10.0. The maximum atomic E-state index is 12.4. The summed E-state index contributed by atoms with van der Waals surface area (Å²) in [7, 11) is 1.94. The van der Waals surface area contributed by atoms with E-state index in [-0.39, 0.29) is 5.56 Å². The van der Waals surface area contributed by atoms with Gasteiger partial charge in [0.05, 0.1) is 5.69 Å². The highest BCUT2D eigenvalue weighted by molar-refractivity contribution is 5.76. The van der Waals surface area contributed by atoms with Gasteiger partial charge in [-0.25, -0.2) is 4.98 Å². The summed E-state index contributed by atoms with van der Waals surface area (Å²) in [6, 6.07) is 1.55. The minimum Gasteiger partial charge on any atom is -0.348 e. The van der Waals surface area contributed by atoms with Crippen molar-refractivity contribution in [3.63, 3.8) is 0 Å². The van der Waals surface area contributed by atoms with Gasteiger partial charge in [-0.2, -0.15) is 0 Å². The zero-order valence-electron chi connectivity index (χ0n) is 17.6. The minimum absolute atomic E-state index is 0.147. The second-order valence-electron chi connectivity index (χ2n) is 7.44. The van der Waals surface area contributed by atoms with E-state index < -0.39 is 0 Å².